The number of carbonyl (C=O) groups is 1. The number of alkyl halides is 2. The second-order valence-electron chi connectivity index (χ2n) is 2.05. The molecule has 0 saturated carbocycles. The molecule has 3 nitrogen and oxygen atoms in total. The second-order valence-corrected chi connectivity index (χ2v) is 3.35. The number of nitriles is 1. The lowest BCUT2D eigenvalue weighted by molar-refractivity contribution is -0.121. The molecule has 5 heteroatoms. The van der Waals surface area contributed by atoms with Crippen molar-refractivity contribution in [3.63, 3.8) is 0 Å². The van der Waals surface area contributed by atoms with Gasteiger partial charge in [-0.3, -0.25) is 4.79 Å². The van der Waals surface area contributed by atoms with Crippen LogP contribution in [0.4, 0.5) is 0 Å². The minimum absolute atomic E-state index is 0.341. The van der Waals surface area contributed by atoms with Crippen molar-refractivity contribution in [2.45, 2.75) is 0 Å². The quantitative estimate of drug-likeness (QED) is 0.783. The average molecular weight is 284 g/mol. The molecule has 62 valence electrons. The summed E-state index contributed by atoms with van der Waals surface area (Å²) >= 11 is 6.26. The van der Waals surface area contributed by atoms with Crippen molar-refractivity contribution in [2.75, 3.05) is 10.7 Å². The van der Waals surface area contributed by atoms with Crippen molar-refractivity contribution in [3.8, 4) is 6.07 Å². The van der Waals surface area contributed by atoms with E-state index in [9.17, 15) is 4.79 Å². The van der Waals surface area contributed by atoms with Gasteiger partial charge in [-0.25, -0.2) is 0 Å². The van der Waals surface area contributed by atoms with Gasteiger partial charge in [0.15, 0.2) is 0 Å². The number of nitrogens with two attached hydrogens (primary N) is 1. The minimum Gasteiger partial charge on any atom is -0.369 e. The summed E-state index contributed by atoms with van der Waals surface area (Å²) in [5.74, 6) is -1.18. The Morgan fingerprint density at radius 3 is 2.18 bits per heavy atom. The molecule has 2 atom stereocenters. The smallest absolute Gasteiger partial charge is 0.222 e. The molecule has 0 bridgehead atoms. The van der Waals surface area contributed by atoms with E-state index in [4.69, 9.17) is 11.0 Å². The number of primary amides is 1. The molecule has 0 aromatic rings. The fraction of sp³-hybridized carbons (Fsp3) is 0.667. The van der Waals surface area contributed by atoms with Crippen molar-refractivity contribution in [3.05, 3.63) is 0 Å². The van der Waals surface area contributed by atoms with Gasteiger partial charge in [0.1, 0.15) is 0 Å². The third kappa shape index (κ3) is 3.21. The molecule has 1 amide bonds. The molecule has 0 aromatic heterocycles. The van der Waals surface area contributed by atoms with Gasteiger partial charge in [0.2, 0.25) is 5.91 Å². The summed E-state index contributed by atoms with van der Waals surface area (Å²) in [6.45, 7) is 0. The van der Waals surface area contributed by atoms with Crippen LogP contribution in [0.5, 0.6) is 0 Å². The van der Waals surface area contributed by atoms with Crippen LogP contribution in [0.25, 0.3) is 0 Å². The molecule has 2 unspecified atom stereocenters. The Balaban J connectivity index is 4.24. The van der Waals surface area contributed by atoms with E-state index in [0.29, 0.717) is 10.7 Å². The van der Waals surface area contributed by atoms with Crippen LogP contribution in [0.3, 0.4) is 0 Å². The van der Waals surface area contributed by atoms with Gasteiger partial charge >= 0.3 is 0 Å². The predicted molar refractivity (Wildman–Crippen MR) is 49.4 cm³/mol. The first-order valence-corrected chi connectivity index (χ1v) is 5.22. The van der Waals surface area contributed by atoms with Gasteiger partial charge < -0.3 is 5.73 Å². The highest BCUT2D eigenvalue weighted by molar-refractivity contribution is 9.09. The molecule has 0 aliphatic carbocycles. The van der Waals surface area contributed by atoms with E-state index in [1.54, 1.807) is 0 Å². The highest BCUT2D eigenvalue weighted by Gasteiger charge is 2.24. The van der Waals surface area contributed by atoms with Crippen LogP contribution in [-0.2, 0) is 4.79 Å². The number of carbonyl (C=O) groups excluding carboxylic acids is 1. The summed E-state index contributed by atoms with van der Waals surface area (Å²) < 4.78 is 0. The van der Waals surface area contributed by atoms with Crippen LogP contribution < -0.4 is 5.73 Å². The second kappa shape index (κ2) is 5.56. The van der Waals surface area contributed by atoms with E-state index in [1.807, 2.05) is 6.07 Å². The van der Waals surface area contributed by atoms with Gasteiger partial charge in [0, 0.05) is 10.7 Å². The normalized spacial score (nSPS) is 15.0. The zero-order valence-corrected chi connectivity index (χ0v) is 8.93. The zero-order chi connectivity index (χ0) is 8.85. The molecule has 11 heavy (non-hydrogen) atoms. The molecule has 2 N–H and O–H groups in total. The van der Waals surface area contributed by atoms with Crippen LogP contribution in [0.15, 0.2) is 0 Å². The lowest BCUT2D eigenvalue weighted by Crippen LogP contribution is -2.31. The van der Waals surface area contributed by atoms with E-state index in [2.05, 4.69) is 31.9 Å². The SMILES string of the molecule is N#CC(CBr)C(CBr)C(N)=O. The number of hydrogen-bond acceptors (Lipinski definition) is 2. The monoisotopic (exact) mass is 282 g/mol. The first kappa shape index (κ1) is 10.9. The maximum absolute atomic E-state index is 10.7. The predicted octanol–water partition coefficient (Wildman–Crippen LogP) is 1.02. The Morgan fingerprint density at radius 2 is 2.09 bits per heavy atom. The van der Waals surface area contributed by atoms with Crippen molar-refractivity contribution >= 4 is 37.8 Å². The van der Waals surface area contributed by atoms with Gasteiger partial charge in [-0.2, -0.15) is 5.26 Å². The number of halogens is 2. The first-order valence-electron chi connectivity index (χ1n) is 2.98. The summed E-state index contributed by atoms with van der Waals surface area (Å²) in [7, 11) is 0. The molecule has 0 heterocycles. The summed E-state index contributed by atoms with van der Waals surface area (Å²) in [4.78, 5) is 10.7. The molecule has 0 radical (unpaired) electrons. The van der Waals surface area contributed by atoms with Crippen molar-refractivity contribution in [1.82, 2.24) is 0 Å². The standard InChI is InChI=1S/C6H8Br2N2O/c7-1-4(3-9)5(2-8)6(10)11/h4-5H,1-2H2,(H2,10,11). The van der Waals surface area contributed by atoms with Crippen molar-refractivity contribution < 1.29 is 4.79 Å². The van der Waals surface area contributed by atoms with Gasteiger partial charge in [-0.1, -0.05) is 31.9 Å². The molecule has 0 aliphatic rings. The molecule has 0 saturated heterocycles. The number of rotatable bonds is 4. The zero-order valence-electron chi connectivity index (χ0n) is 5.76. The van der Waals surface area contributed by atoms with Gasteiger partial charge in [0.05, 0.1) is 17.9 Å². The van der Waals surface area contributed by atoms with Crippen LogP contribution in [0.2, 0.25) is 0 Å². The fourth-order valence-corrected chi connectivity index (χ4v) is 1.98. The van der Waals surface area contributed by atoms with Gasteiger partial charge in [-0.05, 0) is 0 Å². The average Bonchev–Trinajstić information content (AvgIpc) is 1.99. The van der Waals surface area contributed by atoms with Crippen molar-refractivity contribution in [1.29, 1.82) is 5.26 Å². The van der Waals surface area contributed by atoms with Crippen LogP contribution in [-0.4, -0.2) is 16.6 Å². The summed E-state index contributed by atoms with van der Waals surface area (Å²) in [5, 5.41) is 9.48. The minimum atomic E-state index is -0.437. The Hall–Kier alpha value is -0.0800. The first-order chi connectivity index (χ1) is 5.17. The molecule has 0 aromatic carbocycles. The molecular formula is C6H8Br2N2O. The van der Waals surface area contributed by atoms with E-state index in [0.717, 1.165) is 0 Å². The summed E-state index contributed by atoms with van der Waals surface area (Å²) in [6, 6.07) is 2.01. The highest BCUT2D eigenvalue weighted by atomic mass is 79.9. The molecule has 0 spiro atoms. The number of hydrogen-bond donors (Lipinski definition) is 1. The maximum atomic E-state index is 10.7. The fourth-order valence-electron chi connectivity index (χ4n) is 0.614. The van der Waals surface area contributed by atoms with Gasteiger partial charge in [0.25, 0.3) is 0 Å². The molecule has 0 aliphatic heterocycles. The summed E-state index contributed by atoms with van der Waals surface area (Å²) in [5.41, 5.74) is 5.06. The summed E-state index contributed by atoms with van der Waals surface area (Å²) in [6.07, 6.45) is 0. The Kier molecular flexibility index (Phi) is 5.51. The molecule has 0 fully saturated rings. The largest absolute Gasteiger partial charge is 0.369 e. The molecule has 0 rings (SSSR count). The molecular weight excluding hydrogens is 276 g/mol. The van der Waals surface area contributed by atoms with Crippen LogP contribution in [0.1, 0.15) is 0 Å². The lowest BCUT2D eigenvalue weighted by Gasteiger charge is -2.12. The van der Waals surface area contributed by atoms with Crippen molar-refractivity contribution in [2.24, 2.45) is 17.6 Å². The number of nitrogens with zero attached hydrogens (tertiary/aromatic N) is 1. The Bertz CT molecular complexity index is 178. The van der Waals surface area contributed by atoms with Gasteiger partial charge in [-0.15, -0.1) is 0 Å². The third-order valence-electron chi connectivity index (χ3n) is 1.35. The highest BCUT2D eigenvalue weighted by Crippen LogP contribution is 2.15. The third-order valence-corrected chi connectivity index (χ3v) is 2.74. The van der Waals surface area contributed by atoms with E-state index in [1.165, 1.54) is 0 Å². The maximum Gasteiger partial charge on any atom is 0.222 e. The van der Waals surface area contributed by atoms with E-state index in [-0.39, 0.29) is 5.92 Å². The Labute approximate surface area is 82.2 Å². The van der Waals surface area contributed by atoms with Crippen LogP contribution >= 0.6 is 31.9 Å². The Morgan fingerprint density at radius 1 is 1.55 bits per heavy atom. The number of amides is 1. The van der Waals surface area contributed by atoms with Crippen LogP contribution in [0, 0.1) is 23.2 Å². The van der Waals surface area contributed by atoms with E-state index >= 15 is 0 Å². The lowest BCUT2D eigenvalue weighted by atomic mass is 9.97. The topological polar surface area (TPSA) is 66.9 Å². The van der Waals surface area contributed by atoms with E-state index < -0.39 is 11.8 Å².